The summed E-state index contributed by atoms with van der Waals surface area (Å²) in [5.74, 6) is 1.02. The van der Waals surface area contributed by atoms with E-state index in [4.69, 9.17) is 5.73 Å². The van der Waals surface area contributed by atoms with Crippen LogP contribution in [0.3, 0.4) is 0 Å². The fourth-order valence-corrected chi connectivity index (χ4v) is 2.49. The number of fused-ring (bicyclic) bond motifs is 1. The molecule has 1 aromatic carbocycles. The van der Waals surface area contributed by atoms with Crippen molar-refractivity contribution >= 4 is 5.52 Å². The molecule has 0 spiro atoms. The van der Waals surface area contributed by atoms with Gasteiger partial charge in [0.05, 0.1) is 11.7 Å². The lowest BCUT2D eigenvalue weighted by Gasteiger charge is -2.08. The van der Waals surface area contributed by atoms with Crippen molar-refractivity contribution in [3.05, 3.63) is 60.2 Å². The molecule has 3 heteroatoms. The van der Waals surface area contributed by atoms with E-state index >= 15 is 0 Å². The molecule has 0 aliphatic carbocycles. The fourth-order valence-electron chi connectivity index (χ4n) is 2.49. The second-order valence-corrected chi connectivity index (χ2v) is 4.71. The number of nitrogens with zero attached hydrogens (tertiary/aromatic N) is 2. The molecule has 19 heavy (non-hydrogen) atoms. The molecule has 0 fully saturated rings. The second-order valence-electron chi connectivity index (χ2n) is 4.71. The van der Waals surface area contributed by atoms with Gasteiger partial charge in [0.1, 0.15) is 5.82 Å². The molecule has 2 N–H and O–H groups in total. The summed E-state index contributed by atoms with van der Waals surface area (Å²) in [4.78, 5) is 4.48. The standard InChI is InChI=1S/C16H17N3/c1-12-5-2-3-6-13(12)14-7-4-10-19-15(14)11-18-16(19)8-9-17/h2-7,10-11H,8-9,17H2,1H3. The van der Waals surface area contributed by atoms with Gasteiger partial charge < -0.3 is 10.1 Å². The summed E-state index contributed by atoms with van der Waals surface area (Å²) in [6.45, 7) is 2.75. The number of rotatable bonds is 3. The Morgan fingerprint density at radius 2 is 1.89 bits per heavy atom. The van der Waals surface area contributed by atoms with E-state index in [2.05, 4.69) is 58.9 Å². The van der Waals surface area contributed by atoms with Crippen LogP contribution >= 0.6 is 0 Å². The minimum Gasteiger partial charge on any atom is -0.330 e. The highest BCUT2D eigenvalue weighted by molar-refractivity contribution is 5.81. The summed E-state index contributed by atoms with van der Waals surface area (Å²) in [7, 11) is 0. The Kier molecular flexibility index (Phi) is 3.05. The van der Waals surface area contributed by atoms with Crippen LogP contribution in [0, 0.1) is 6.92 Å². The van der Waals surface area contributed by atoms with Gasteiger partial charge in [0.15, 0.2) is 0 Å². The van der Waals surface area contributed by atoms with Gasteiger partial charge in [-0.15, -0.1) is 0 Å². The maximum atomic E-state index is 5.63. The van der Waals surface area contributed by atoms with E-state index in [0.717, 1.165) is 17.8 Å². The van der Waals surface area contributed by atoms with Crippen LogP contribution in [0.15, 0.2) is 48.8 Å². The van der Waals surface area contributed by atoms with E-state index in [-0.39, 0.29) is 0 Å². The molecular formula is C16H17N3. The van der Waals surface area contributed by atoms with Gasteiger partial charge in [-0.05, 0) is 30.7 Å². The Labute approximate surface area is 112 Å². The van der Waals surface area contributed by atoms with E-state index < -0.39 is 0 Å². The van der Waals surface area contributed by atoms with Gasteiger partial charge in [0.25, 0.3) is 0 Å². The zero-order valence-corrected chi connectivity index (χ0v) is 11.0. The monoisotopic (exact) mass is 251 g/mol. The molecule has 0 radical (unpaired) electrons. The number of hydrogen-bond acceptors (Lipinski definition) is 2. The molecule has 3 nitrogen and oxygen atoms in total. The van der Waals surface area contributed by atoms with Gasteiger partial charge >= 0.3 is 0 Å². The van der Waals surface area contributed by atoms with E-state index in [1.165, 1.54) is 16.7 Å². The third-order valence-corrected chi connectivity index (χ3v) is 3.45. The van der Waals surface area contributed by atoms with E-state index in [0.29, 0.717) is 6.54 Å². The normalized spacial score (nSPS) is 11.1. The summed E-state index contributed by atoms with van der Waals surface area (Å²) >= 11 is 0. The van der Waals surface area contributed by atoms with E-state index in [1.807, 2.05) is 6.20 Å². The first-order valence-corrected chi connectivity index (χ1v) is 6.52. The van der Waals surface area contributed by atoms with Crippen LogP contribution in [0.25, 0.3) is 16.6 Å². The number of benzene rings is 1. The zero-order chi connectivity index (χ0) is 13.2. The molecule has 0 saturated heterocycles. The summed E-state index contributed by atoms with van der Waals surface area (Å²) in [6.07, 6.45) is 4.78. The number of hydrogen-bond donors (Lipinski definition) is 1. The zero-order valence-electron chi connectivity index (χ0n) is 11.0. The largest absolute Gasteiger partial charge is 0.330 e. The van der Waals surface area contributed by atoms with Crippen molar-refractivity contribution < 1.29 is 0 Å². The molecule has 0 unspecified atom stereocenters. The number of pyridine rings is 1. The van der Waals surface area contributed by atoms with Crippen LogP contribution in [0.5, 0.6) is 0 Å². The highest BCUT2D eigenvalue weighted by Crippen LogP contribution is 2.27. The van der Waals surface area contributed by atoms with Gasteiger partial charge in [-0.1, -0.05) is 30.3 Å². The molecule has 3 aromatic rings. The summed E-state index contributed by atoms with van der Waals surface area (Å²) < 4.78 is 2.13. The van der Waals surface area contributed by atoms with Gasteiger partial charge in [-0.2, -0.15) is 0 Å². The molecule has 0 aliphatic rings. The van der Waals surface area contributed by atoms with Crippen molar-refractivity contribution in [1.29, 1.82) is 0 Å². The van der Waals surface area contributed by atoms with Crippen LogP contribution < -0.4 is 5.73 Å². The van der Waals surface area contributed by atoms with Gasteiger partial charge in [0.2, 0.25) is 0 Å². The van der Waals surface area contributed by atoms with Gasteiger partial charge in [-0.3, -0.25) is 0 Å². The molecule has 0 aliphatic heterocycles. The number of nitrogens with two attached hydrogens (primary N) is 1. The fraction of sp³-hybridized carbons (Fsp3) is 0.188. The van der Waals surface area contributed by atoms with E-state index in [9.17, 15) is 0 Å². The summed E-state index contributed by atoms with van der Waals surface area (Å²) in [5, 5.41) is 0. The van der Waals surface area contributed by atoms with Crippen molar-refractivity contribution in [3.63, 3.8) is 0 Å². The van der Waals surface area contributed by atoms with Crippen molar-refractivity contribution in [2.75, 3.05) is 6.54 Å². The average Bonchev–Trinajstić information content (AvgIpc) is 2.83. The SMILES string of the molecule is Cc1ccccc1-c1cccn2c(CCN)ncc12. The van der Waals surface area contributed by atoms with Crippen molar-refractivity contribution in [3.8, 4) is 11.1 Å². The third-order valence-electron chi connectivity index (χ3n) is 3.45. The molecule has 0 bridgehead atoms. The highest BCUT2D eigenvalue weighted by Gasteiger charge is 2.09. The van der Waals surface area contributed by atoms with Crippen LogP contribution in [0.4, 0.5) is 0 Å². The number of imidazole rings is 1. The van der Waals surface area contributed by atoms with Crippen LogP contribution in [0.2, 0.25) is 0 Å². The quantitative estimate of drug-likeness (QED) is 0.778. The van der Waals surface area contributed by atoms with Crippen molar-refractivity contribution in [2.45, 2.75) is 13.3 Å². The number of aryl methyl sites for hydroxylation is 1. The topological polar surface area (TPSA) is 43.3 Å². The lowest BCUT2D eigenvalue weighted by Crippen LogP contribution is -2.06. The Morgan fingerprint density at radius 3 is 2.68 bits per heavy atom. The van der Waals surface area contributed by atoms with Crippen molar-refractivity contribution in [2.24, 2.45) is 5.73 Å². The van der Waals surface area contributed by atoms with E-state index in [1.54, 1.807) is 0 Å². The summed E-state index contributed by atoms with van der Waals surface area (Å²) in [5.41, 5.74) is 10.5. The predicted octanol–water partition coefficient (Wildman–Crippen LogP) is 2.81. The molecular weight excluding hydrogens is 234 g/mol. The molecule has 0 atom stereocenters. The summed E-state index contributed by atoms with van der Waals surface area (Å²) in [6, 6.07) is 12.6. The first-order valence-electron chi connectivity index (χ1n) is 6.52. The van der Waals surface area contributed by atoms with Gasteiger partial charge in [-0.25, -0.2) is 4.98 Å². The maximum absolute atomic E-state index is 5.63. The molecule has 2 heterocycles. The lowest BCUT2D eigenvalue weighted by molar-refractivity contribution is 0.863. The molecule has 0 saturated carbocycles. The Bertz CT molecular complexity index is 713. The minimum atomic E-state index is 0.619. The predicted molar refractivity (Wildman–Crippen MR) is 78.1 cm³/mol. The smallest absolute Gasteiger partial charge is 0.114 e. The Balaban J connectivity index is 2.23. The lowest BCUT2D eigenvalue weighted by atomic mass is 10.0. The molecule has 96 valence electrons. The molecule has 0 amide bonds. The molecule has 2 aromatic heterocycles. The van der Waals surface area contributed by atoms with Crippen LogP contribution in [0.1, 0.15) is 11.4 Å². The minimum absolute atomic E-state index is 0.619. The first-order chi connectivity index (χ1) is 9.31. The first kappa shape index (κ1) is 11.9. The highest BCUT2D eigenvalue weighted by atomic mass is 15.0. The number of aromatic nitrogens is 2. The second kappa shape index (κ2) is 4.86. The third kappa shape index (κ3) is 2.02. The van der Waals surface area contributed by atoms with Crippen LogP contribution in [-0.2, 0) is 6.42 Å². The Morgan fingerprint density at radius 1 is 1.11 bits per heavy atom. The van der Waals surface area contributed by atoms with Crippen molar-refractivity contribution in [1.82, 2.24) is 9.38 Å². The average molecular weight is 251 g/mol. The van der Waals surface area contributed by atoms with Gasteiger partial charge in [0, 0.05) is 18.2 Å². The Hall–Kier alpha value is -2.13. The maximum Gasteiger partial charge on any atom is 0.114 e. The molecule has 3 rings (SSSR count). The van der Waals surface area contributed by atoms with Crippen LogP contribution in [-0.4, -0.2) is 15.9 Å².